The van der Waals surface area contributed by atoms with Crippen LogP contribution in [0.2, 0.25) is 0 Å². The molecule has 2 N–H and O–H groups in total. The highest BCUT2D eigenvalue weighted by Gasteiger charge is 2.32. The maximum Gasteiger partial charge on any atom is 0.122 e. The molecular weight excluding hydrogens is 308 g/mol. The number of aromatic hydroxyl groups is 2. The minimum absolute atomic E-state index is 0.171. The lowest BCUT2D eigenvalue weighted by molar-refractivity contribution is 0.358. The zero-order valence-electron chi connectivity index (χ0n) is 16.0. The molecule has 2 rings (SSSR count). The molecule has 0 spiro atoms. The van der Waals surface area contributed by atoms with E-state index in [1.165, 1.54) is 0 Å². The first kappa shape index (κ1) is 19.4. The van der Waals surface area contributed by atoms with E-state index in [1.807, 2.05) is 24.3 Å². The van der Waals surface area contributed by atoms with Gasteiger partial charge in [0.25, 0.3) is 0 Å². The Morgan fingerprint density at radius 2 is 1.48 bits per heavy atom. The van der Waals surface area contributed by atoms with Crippen molar-refractivity contribution in [1.29, 1.82) is 0 Å². The fourth-order valence-electron chi connectivity index (χ4n) is 4.07. The predicted molar refractivity (Wildman–Crippen MR) is 106 cm³/mol. The molecular formula is C23H32O2. The van der Waals surface area contributed by atoms with Crippen LogP contribution in [0.5, 0.6) is 11.5 Å². The van der Waals surface area contributed by atoms with Crippen LogP contribution in [0.15, 0.2) is 42.5 Å². The number of phenolic OH excluding ortho intramolecular Hbond substituents is 2. The molecule has 2 aromatic carbocycles. The van der Waals surface area contributed by atoms with E-state index in [1.54, 1.807) is 6.07 Å². The van der Waals surface area contributed by atoms with Crippen molar-refractivity contribution >= 4 is 0 Å². The van der Waals surface area contributed by atoms with Gasteiger partial charge in [0.2, 0.25) is 0 Å². The van der Waals surface area contributed by atoms with Gasteiger partial charge in [0.1, 0.15) is 11.5 Å². The van der Waals surface area contributed by atoms with Crippen molar-refractivity contribution in [2.75, 3.05) is 0 Å². The van der Waals surface area contributed by atoms with Gasteiger partial charge in [-0.3, -0.25) is 0 Å². The molecule has 0 heterocycles. The number of phenols is 2. The van der Waals surface area contributed by atoms with Crippen LogP contribution in [0.1, 0.15) is 76.0 Å². The summed E-state index contributed by atoms with van der Waals surface area (Å²) in [6.07, 6.45) is 4.61. The quantitative estimate of drug-likeness (QED) is 0.592. The maximum atomic E-state index is 10.9. The van der Waals surface area contributed by atoms with Crippen molar-refractivity contribution in [2.45, 2.75) is 71.1 Å². The summed E-state index contributed by atoms with van der Waals surface area (Å²) in [7, 11) is 0. The predicted octanol–water partition coefficient (Wildman–Crippen LogP) is 6.30. The number of hydrogen-bond acceptors (Lipinski definition) is 2. The van der Waals surface area contributed by atoms with E-state index >= 15 is 0 Å². The molecule has 2 nitrogen and oxygen atoms in total. The van der Waals surface area contributed by atoms with E-state index in [0.29, 0.717) is 17.4 Å². The van der Waals surface area contributed by atoms with Crippen molar-refractivity contribution in [2.24, 2.45) is 0 Å². The first-order valence-electron chi connectivity index (χ1n) is 9.62. The third-order valence-electron chi connectivity index (χ3n) is 5.93. The van der Waals surface area contributed by atoms with E-state index in [-0.39, 0.29) is 5.41 Å². The summed E-state index contributed by atoms with van der Waals surface area (Å²) < 4.78 is 0. The smallest absolute Gasteiger partial charge is 0.122 e. The zero-order valence-corrected chi connectivity index (χ0v) is 16.0. The molecule has 0 bridgehead atoms. The SMILES string of the molecule is CCC(CC)c1cccc(CC(CC)(CC)c2ccccc2O)c1O. The molecule has 0 aliphatic rings. The van der Waals surface area contributed by atoms with Gasteiger partial charge < -0.3 is 10.2 Å². The molecule has 25 heavy (non-hydrogen) atoms. The highest BCUT2D eigenvalue weighted by molar-refractivity contribution is 5.46. The first-order valence-corrected chi connectivity index (χ1v) is 9.62. The molecule has 0 unspecified atom stereocenters. The average Bonchev–Trinajstić information content (AvgIpc) is 2.64. The van der Waals surface area contributed by atoms with Crippen LogP contribution in [-0.2, 0) is 11.8 Å². The minimum atomic E-state index is -0.171. The minimum Gasteiger partial charge on any atom is -0.508 e. The normalized spacial score (nSPS) is 11.9. The van der Waals surface area contributed by atoms with Crippen molar-refractivity contribution in [3.05, 3.63) is 59.2 Å². The molecule has 0 aliphatic heterocycles. The Hall–Kier alpha value is -1.96. The lowest BCUT2D eigenvalue weighted by atomic mass is 9.71. The topological polar surface area (TPSA) is 40.5 Å². The van der Waals surface area contributed by atoms with Crippen LogP contribution in [0.4, 0.5) is 0 Å². The maximum absolute atomic E-state index is 10.9. The van der Waals surface area contributed by atoms with Gasteiger partial charge in [-0.25, -0.2) is 0 Å². The second kappa shape index (κ2) is 8.42. The van der Waals surface area contributed by atoms with Crippen LogP contribution in [0.3, 0.4) is 0 Å². The molecule has 0 amide bonds. The third-order valence-corrected chi connectivity index (χ3v) is 5.93. The van der Waals surface area contributed by atoms with Crippen LogP contribution in [-0.4, -0.2) is 10.2 Å². The van der Waals surface area contributed by atoms with E-state index in [0.717, 1.165) is 48.8 Å². The van der Waals surface area contributed by atoms with Gasteiger partial charge in [-0.15, -0.1) is 0 Å². The Kier molecular flexibility index (Phi) is 6.52. The molecule has 0 aliphatic carbocycles. The fourth-order valence-corrected chi connectivity index (χ4v) is 4.07. The number of rotatable bonds is 8. The highest BCUT2D eigenvalue weighted by atomic mass is 16.3. The lowest BCUT2D eigenvalue weighted by Gasteiger charge is -2.34. The van der Waals surface area contributed by atoms with E-state index in [9.17, 15) is 10.2 Å². The average molecular weight is 341 g/mol. The summed E-state index contributed by atoms with van der Waals surface area (Å²) in [5.41, 5.74) is 2.85. The van der Waals surface area contributed by atoms with Crippen molar-refractivity contribution in [3.63, 3.8) is 0 Å². The van der Waals surface area contributed by atoms with Gasteiger partial charge in [0, 0.05) is 11.0 Å². The molecule has 0 saturated carbocycles. The fraction of sp³-hybridized carbons (Fsp3) is 0.478. The monoisotopic (exact) mass is 340 g/mol. The summed E-state index contributed by atoms with van der Waals surface area (Å²) >= 11 is 0. The standard InChI is InChI=1S/C23H32O2/c1-5-17(6-2)19-13-11-12-18(22(19)25)16-23(7-3,8-4)20-14-9-10-15-21(20)24/h9-15,17,24-25H,5-8,16H2,1-4H3. The summed E-state index contributed by atoms with van der Waals surface area (Å²) in [5, 5.41) is 21.3. The third kappa shape index (κ3) is 3.84. The Morgan fingerprint density at radius 3 is 2.04 bits per heavy atom. The van der Waals surface area contributed by atoms with E-state index in [2.05, 4.69) is 39.8 Å². The lowest BCUT2D eigenvalue weighted by Crippen LogP contribution is -2.27. The Morgan fingerprint density at radius 1 is 0.840 bits per heavy atom. The molecule has 0 saturated heterocycles. The van der Waals surface area contributed by atoms with Gasteiger partial charge in [-0.1, -0.05) is 64.1 Å². The largest absolute Gasteiger partial charge is 0.508 e. The van der Waals surface area contributed by atoms with Crippen molar-refractivity contribution in [3.8, 4) is 11.5 Å². The second-order valence-electron chi connectivity index (χ2n) is 7.05. The number of hydrogen-bond donors (Lipinski definition) is 2. The number of benzene rings is 2. The summed E-state index contributed by atoms with van der Waals surface area (Å²) in [4.78, 5) is 0. The van der Waals surface area contributed by atoms with Crippen LogP contribution >= 0.6 is 0 Å². The zero-order chi connectivity index (χ0) is 18.4. The Labute approximate surface area is 152 Å². The second-order valence-corrected chi connectivity index (χ2v) is 7.05. The summed E-state index contributed by atoms with van der Waals surface area (Å²) in [6.45, 7) is 8.67. The molecule has 136 valence electrons. The van der Waals surface area contributed by atoms with Crippen molar-refractivity contribution in [1.82, 2.24) is 0 Å². The van der Waals surface area contributed by atoms with E-state index in [4.69, 9.17) is 0 Å². The van der Waals surface area contributed by atoms with Gasteiger partial charge in [0.05, 0.1) is 0 Å². The molecule has 0 radical (unpaired) electrons. The summed E-state index contributed by atoms with van der Waals surface area (Å²) in [6, 6.07) is 13.8. The molecule has 0 aromatic heterocycles. The Bertz CT molecular complexity index is 682. The van der Waals surface area contributed by atoms with E-state index < -0.39 is 0 Å². The first-order chi connectivity index (χ1) is 12.0. The molecule has 0 atom stereocenters. The van der Waals surface area contributed by atoms with Crippen molar-refractivity contribution < 1.29 is 10.2 Å². The molecule has 2 aromatic rings. The summed E-state index contributed by atoms with van der Waals surface area (Å²) in [5.74, 6) is 1.18. The van der Waals surface area contributed by atoms with Crippen LogP contribution < -0.4 is 0 Å². The van der Waals surface area contributed by atoms with Crippen LogP contribution in [0.25, 0.3) is 0 Å². The highest BCUT2D eigenvalue weighted by Crippen LogP contribution is 2.43. The van der Waals surface area contributed by atoms with Gasteiger partial charge in [-0.2, -0.15) is 0 Å². The molecule has 0 fully saturated rings. The molecule has 2 heteroatoms. The van der Waals surface area contributed by atoms with Crippen LogP contribution in [0, 0.1) is 0 Å². The van der Waals surface area contributed by atoms with Gasteiger partial charge in [0.15, 0.2) is 0 Å². The van der Waals surface area contributed by atoms with Gasteiger partial charge >= 0.3 is 0 Å². The Balaban J connectivity index is 2.48. The number of para-hydroxylation sites is 2. The van der Waals surface area contributed by atoms with Gasteiger partial charge in [-0.05, 0) is 55.2 Å².